The molecule has 0 atom stereocenters. The summed E-state index contributed by atoms with van der Waals surface area (Å²) in [7, 11) is 0. The second-order valence-corrected chi connectivity index (χ2v) is 5.07. The van der Waals surface area contributed by atoms with Gasteiger partial charge < -0.3 is 15.6 Å². The van der Waals surface area contributed by atoms with E-state index in [4.69, 9.17) is 15.6 Å². The van der Waals surface area contributed by atoms with Crippen molar-refractivity contribution in [3.8, 4) is 17.6 Å². The number of thiophene rings is 1. The van der Waals surface area contributed by atoms with Gasteiger partial charge in [0.2, 0.25) is 5.91 Å². The molecule has 0 aliphatic heterocycles. The zero-order valence-corrected chi connectivity index (χ0v) is 11.4. The predicted molar refractivity (Wildman–Crippen MR) is 77.6 cm³/mol. The van der Waals surface area contributed by atoms with Gasteiger partial charge in [-0.15, -0.1) is 11.3 Å². The number of ether oxygens (including phenoxy) is 1. The average Bonchev–Trinajstić information content (AvgIpc) is 2.91. The lowest BCUT2D eigenvalue weighted by atomic mass is 10.2. The Hall–Kier alpha value is -2.29. The lowest BCUT2D eigenvalue weighted by Crippen LogP contribution is -2.10. The number of primary amides is 1. The molecule has 0 bridgehead atoms. The van der Waals surface area contributed by atoms with Gasteiger partial charge in [-0.3, -0.25) is 4.79 Å². The lowest BCUT2D eigenvalue weighted by Gasteiger charge is -2.04. The molecule has 3 N–H and O–H groups in total. The molecule has 0 radical (unpaired) electrons. The van der Waals surface area contributed by atoms with Crippen molar-refractivity contribution < 1.29 is 14.6 Å². The first-order valence-electron chi connectivity index (χ1n) is 5.90. The third kappa shape index (κ3) is 3.85. The molecule has 1 amide bonds. The molecule has 5 heteroatoms. The van der Waals surface area contributed by atoms with Gasteiger partial charge in [-0.1, -0.05) is 11.8 Å². The number of nitrogens with two attached hydrogens (primary N) is 1. The fourth-order valence-electron chi connectivity index (χ4n) is 1.52. The molecule has 4 nitrogen and oxygen atoms in total. The summed E-state index contributed by atoms with van der Waals surface area (Å²) in [5.41, 5.74) is 5.62. The number of hydrogen-bond donors (Lipinski definition) is 2. The molecule has 2 rings (SSSR count). The van der Waals surface area contributed by atoms with Gasteiger partial charge in [-0.05, 0) is 36.4 Å². The van der Waals surface area contributed by atoms with Crippen LogP contribution in [0.25, 0.3) is 0 Å². The topological polar surface area (TPSA) is 72.6 Å². The van der Waals surface area contributed by atoms with E-state index < -0.39 is 5.91 Å². The molecule has 1 aromatic heterocycles. The van der Waals surface area contributed by atoms with Crippen LogP contribution in [0.1, 0.15) is 20.1 Å². The van der Waals surface area contributed by atoms with E-state index in [2.05, 4.69) is 11.8 Å². The Labute approximate surface area is 120 Å². The summed E-state index contributed by atoms with van der Waals surface area (Å²) in [6, 6.07) is 10.5. The minimum absolute atomic E-state index is 0.143. The summed E-state index contributed by atoms with van der Waals surface area (Å²) in [6.07, 6.45) is 0. The fraction of sp³-hybridized carbons (Fsp3) is 0.133. The van der Waals surface area contributed by atoms with Gasteiger partial charge in [0.1, 0.15) is 19.0 Å². The van der Waals surface area contributed by atoms with Crippen molar-refractivity contribution in [1.29, 1.82) is 0 Å². The van der Waals surface area contributed by atoms with E-state index in [0.29, 0.717) is 17.9 Å². The molecular formula is C15H13NO3S. The highest BCUT2D eigenvalue weighted by Gasteiger charge is 2.02. The lowest BCUT2D eigenvalue weighted by molar-refractivity contribution is 0.1000. The van der Waals surface area contributed by atoms with E-state index >= 15 is 0 Å². The zero-order valence-electron chi connectivity index (χ0n) is 10.6. The Balaban J connectivity index is 1.94. The normalized spacial score (nSPS) is 9.65. The van der Waals surface area contributed by atoms with Gasteiger partial charge in [0.25, 0.3) is 0 Å². The van der Waals surface area contributed by atoms with Crippen LogP contribution in [0.2, 0.25) is 0 Å². The van der Waals surface area contributed by atoms with Gasteiger partial charge in [0.15, 0.2) is 0 Å². The van der Waals surface area contributed by atoms with E-state index in [-0.39, 0.29) is 6.61 Å². The van der Waals surface area contributed by atoms with Gasteiger partial charge in [-0.25, -0.2) is 0 Å². The van der Waals surface area contributed by atoms with Crippen LogP contribution >= 0.6 is 11.3 Å². The Morgan fingerprint density at radius 1 is 1.25 bits per heavy atom. The Morgan fingerprint density at radius 3 is 2.65 bits per heavy atom. The summed E-state index contributed by atoms with van der Waals surface area (Å²) in [4.78, 5) is 12.9. The third-order valence-electron chi connectivity index (χ3n) is 2.47. The van der Waals surface area contributed by atoms with Gasteiger partial charge in [0, 0.05) is 10.4 Å². The highest BCUT2D eigenvalue weighted by atomic mass is 32.1. The number of rotatable bonds is 4. The van der Waals surface area contributed by atoms with Crippen LogP contribution in [0.5, 0.6) is 5.75 Å². The number of hydrogen-bond acceptors (Lipinski definition) is 4. The van der Waals surface area contributed by atoms with Crippen LogP contribution in [0.4, 0.5) is 0 Å². The smallest absolute Gasteiger partial charge is 0.248 e. The fourth-order valence-corrected chi connectivity index (χ4v) is 2.31. The molecule has 0 unspecified atom stereocenters. The Kier molecular flexibility index (Phi) is 4.77. The SMILES string of the molecule is NC(=O)c1ccc(OCc2ccc(C#CCO)s2)cc1. The molecule has 0 saturated carbocycles. The molecule has 2 aromatic rings. The van der Waals surface area contributed by atoms with E-state index in [1.165, 1.54) is 11.3 Å². The molecule has 0 spiro atoms. The van der Waals surface area contributed by atoms with Gasteiger partial charge in [0.05, 0.1) is 4.88 Å². The second-order valence-electron chi connectivity index (χ2n) is 3.90. The Morgan fingerprint density at radius 2 is 2.00 bits per heavy atom. The number of benzene rings is 1. The van der Waals surface area contributed by atoms with Crippen molar-refractivity contribution in [2.75, 3.05) is 6.61 Å². The molecule has 1 aromatic carbocycles. The maximum atomic E-state index is 10.9. The molecule has 20 heavy (non-hydrogen) atoms. The van der Waals surface area contributed by atoms with Crippen molar-refractivity contribution in [3.63, 3.8) is 0 Å². The molecule has 0 aliphatic carbocycles. The van der Waals surface area contributed by atoms with Crippen molar-refractivity contribution in [2.24, 2.45) is 5.73 Å². The van der Waals surface area contributed by atoms with Crippen LogP contribution in [-0.4, -0.2) is 17.6 Å². The number of carbonyl (C=O) groups excluding carboxylic acids is 1. The largest absolute Gasteiger partial charge is 0.488 e. The molecule has 0 saturated heterocycles. The number of aliphatic hydroxyl groups is 1. The summed E-state index contributed by atoms with van der Waals surface area (Å²) < 4.78 is 5.61. The summed E-state index contributed by atoms with van der Waals surface area (Å²) in [6.45, 7) is 0.289. The molecule has 0 fully saturated rings. The number of amides is 1. The highest BCUT2D eigenvalue weighted by Crippen LogP contribution is 2.19. The molecule has 0 aliphatic rings. The number of aliphatic hydroxyl groups excluding tert-OH is 1. The van der Waals surface area contributed by atoms with Crippen LogP contribution < -0.4 is 10.5 Å². The van der Waals surface area contributed by atoms with Crippen LogP contribution in [0.3, 0.4) is 0 Å². The van der Waals surface area contributed by atoms with Crippen molar-refractivity contribution in [1.82, 2.24) is 0 Å². The second kappa shape index (κ2) is 6.75. The highest BCUT2D eigenvalue weighted by molar-refractivity contribution is 7.12. The van der Waals surface area contributed by atoms with Crippen molar-refractivity contribution in [2.45, 2.75) is 6.61 Å². The first-order chi connectivity index (χ1) is 9.69. The predicted octanol–water partition coefficient (Wildman–Crippen LogP) is 1.77. The Bertz CT molecular complexity index is 650. The minimum Gasteiger partial charge on any atom is -0.488 e. The van der Waals surface area contributed by atoms with E-state index in [0.717, 1.165) is 9.75 Å². The van der Waals surface area contributed by atoms with E-state index in [1.807, 2.05) is 12.1 Å². The molecular weight excluding hydrogens is 274 g/mol. The molecule has 102 valence electrons. The van der Waals surface area contributed by atoms with Gasteiger partial charge in [-0.2, -0.15) is 0 Å². The first-order valence-corrected chi connectivity index (χ1v) is 6.72. The van der Waals surface area contributed by atoms with E-state index in [1.54, 1.807) is 24.3 Å². The van der Waals surface area contributed by atoms with Crippen molar-refractivity contribution in [3.05, 3.63) is 51.7 Å². The summed E-state index contributed by atoms with van der Waals surface area (Å²) in [5, 5.41) is 8.62. The maximum Gasteiger partial charge on any atom is 0.248 e. The first kappa shape index (κ1) is 14.1. The minimum atomic E-state index is -0.457. The van der Waals surface area contributed by atoms with Crippen LogP contribution in [0, 0.1) is 11.8 Å². The zero-order chi connectivity index (χ0) is 14.4. The van der Waals surface area contributed by atoms with Crippen LogP contribution in [-0.2, 0) is 6.61 Å². The number of carbonyl (C=O) groups is 1. The average molecular weight is 287 g/mol. The quantitative estimate of drug-likeness (QED) is 0.842. The van der Waals surface area contributed by atoms with E-state index in [9.17, 15) is 4.79 Å². The standard InChI is InChI=1S/C15H13NO3S/c16-15(18)11-3-5-12(6-4-11)19-10-14-8-7-13(20-14)2-1-9-17/h3-8,17H,9-10H2,(H2,16,18). The molecule has 1 heterocycles. The summed E-state index contributed by atoms with van der Waals surface area (Å²) in [5.74, 6) is 5.66. The van der Waals surface area contributed by atoms with Crippen molar-refractivity contribution >= 4 is 17.2 Å². The van der Waals surface area contributed by atoms with Crippen LogP contribution in [0.15, 0.2) is 36.4 Å². The maximum absolute atomic E-state index is 10.9. The summed E-state index contributed by atoms with van der Waals surface area (Å²) >= 11 is 1.52. The monoisotopic (exact) mass is 287 g/mol. The van der Waals surface area contributed by atoms with Gasteiger partial charge >= 0.3 is 0 Å². The third-order valence-corrected chi connectivity index (χ3v) is 3.45.